The van der Waals surface area contributed by atoms with Crippen LogP contribution in [-0.4, -0.2) is 58.0 Å². The predicted octanol–water partition coefficient (Wildman–Crippen LogP) is 2.47. The van der Waals surface area contributed by atoms with Gasteiger partial charge in [0.2, 0.25) is 11.8 Å². The standard InChI is InChI=1S/C24H25N5O5/c1-13(26-24(34)18-10-5-11-29(18)19(30)12-25)23(33)28-27-17-9-4-8-16-20(17)22(32)15-7-3-2-6-14(15)21(16)31/h2-4,6-9,13,18,31-32H,5,10-12,25H2,1H3,(H,26,34)/t13-,18-/m0/s1. The maximum Gasteiger partial charge on any atom is 0.286 e. The van der Waals surface area contributed by atoms with Crippen LogP contribution in [0.5, 0.6) is 11.5 Å². The number of phenols is 2. The number of rotatable bonds is 5. The number of phenolic OH excluding ortho intramolecular Hbond substituents is 2. The molecule has 0 radical (unpaired) electrons. The van der Waals surface area contributed by atoms with Crippen molar-refractivity contribution in [1.29, 1.82) is 0 Å². The second kappa shape index (κ2) is 9.44. The van der Waals surface area contributed by atoms with Gasteiger partial charge < -0.3 is 26.2 Å². The van der Waals surface area contributed by atoms with Gasteiger partial charge in [0.05, 0.1) is 17.6 Å². The molecule has 0 aliphatic carbocycles. The summed E-state index contributed by atoms with van der Waals surface area (Å²) < 4.78 is 0. The van der Waals surface area contributed by atoms with Crippen LogP contribution in [0.25, 0.3) is 21.5 Å². The Morgan fingerprint density at radius 1 is 1.09 bits per heavy atom. The van der Waals surface area contributed by atoms with Crippen LogP contribution in [0.3, 0.4) is 0 Å². The fourth-order valence-electron chi connectivity index (χ4n) is 4.26. The van der Waals surface area contributed by atoms with E-state index < -0.39 is 23.9 Å². The first kappa shape index (κ1) is 23.1. The Hall–Kier alpha value is -4.05. The Bertz CT molecular complexity index is 1320. The number of amides is 3. The highest BCUT2D eigenvalue weighted by molar-refractivity contribution is 6.14. The van der Waals surface area contributed by atoms with Crippen LogP contribution in [-0.2, 0) is 14.4 Å². The average molecular weight is 463 g/mol. The van der Waals surface area contributed by atoms with Gasteiger partial charge in [0.1, 0.15) is 23.6 Å². The molecule has 3 amide bonds. The number of nitrogens with one attached hydrogen (secondary N) is 1. The number of azo groups is 1. The fraction of sp³-hybridized carbons (Fsp3) is 0.292. The minimum atomic E-state index is -0.982. The number of carbonyl (C=O) groups is 3. The molecule has 1 fully saturated rings. The highest BCUT2D eigenvalue weighted by Crippen LogP contribution is 2.45. The molecule has 0 aromatic heterocycles. The van der Waals surface area contributed by atoms with Crippen LogP contribution in [0.1, 0.15) is 19.8 Å². The lowest BCUT2D eigenvalue weighted by Crippen LogP contribution is -2.50. The number of nitrogens with two attached hydrogens (primary N) is 1. The van der Waals surface area contributed by atoms with Crippen molar-refractivity contribution in [2.24, 2.45) is 16.0 Å². The monoisotopic (exact) mass is 463 g/mol. The van der Waals surface area contributed by atoms with Gasteiger partial charge in [-0.2, -0.15) is 0 Å². The van der Waals surface area contributed by atoms with Crippen molar-refractivity contribution in [1.82, 2.24) is 10.2 Å². The molecule has 3 aromatic carbocycles. The third-order valence-electron chi connectivity index (χ3n) is 6.01. The number of benzene rings is 3. The zero-order chi connectivity index (χ0) is 24.4. The van der Waals surface area contributed by atoms with Crippen molar-refractivity contribution >= 4 is 45.0 Å². The molecule has 1 aliphatic heterocycles. The first-order valence-corrected chi connectivity index (χ1v) is 10.9. The van der Waals surface area contributed by atoms with Crippen molar-refractivity contribution in [3.05, 3.63) is 42.5 Å². The highest BCUT2D eigenvalue weighted by atomic mass is 16.3. The molecule has 0 spiro atoms. The smallest absolute Gasteiger partial charge is 0.286 e. The van der Waals surface area contributed by atoms with Crippen molar-refractivity contribution < 1.29 is 24.6 Å². The number of carbonyl (C=O) groups excluding carboxylic acids is 3. The molecule has 2 atom stereocenters. The van der Waals surface area contributed by atoms with E-state index in [2.05, 4.69) is 15.5 Å². The maximum absolute atomic E-state index is 12.6. The van der Waals surface area contributed by atoms with Crippen molar-refractivity contribution in [3.63, 3.8) is 0 Å². The van der Waals surface area contributed by atoms with Crippen LogP contribution in [0.4, 0.5) is 5.69 Å². The quantitative estimate of drug-likeness (QED) is 0.259. The summed E-state index contributed by atoms with van der Waals surface area (Å²) in [6.45, 7) is 1.74. The van der Waals surface area contributed by atoms with E-state index in [1.807, 2.05) is 0 Å². The van der Waals surface area contributed by atoms with Crippen molar-refractivity contribution in [2.75, 3.05) is 13.1 Å². The molecule has 10 heteroatoms. The molecular formula is C24H25N5O5. The fourth-order valence-corrected chi connectivity index (χ4v) is 4.26. The van der Waals surface area contributed by atoms with Crippen LogP contribution in [0.2, 0.25) is 0 Å². The third kappa shape index (κ3) is 4.15. The van der Waals surface area contributed by atoms with Gasteiger partial charge in [-0.15, -0.1) is 10.2 Å². The summed E-state index contributed by atoms with van der Waals surface area (Å²) in [6.07, 6.45) is 1.17. The van der Waals surface area contributed by atoms with Gasteiger partial charge >= 0.3 is 0 Å². The second-order valence-electron chi connectivity index (χ2n) is 8.16. The Morgan fingerprint density at radius 2 is 1.76 bits per heavy atom. The molecule has 0 saturated carbocycles. The van der Waals surface area contributed by atoms with E-state index in [9.17, 15) is 24.6 Å². The van der Waals surface area contributed by atoms with Gasteiger partial charge in [-0.3, -0.25) is 14.4 Å². The van der Waals surface area contributed by atoms with Gasteiger partial charge in [-0.25, -0.2) is 0 Å². The molecule has 1 aliphatic rings. The van der Waals surface area contributed by atoms with Gasteiger partial charge in [0.25, 0.3) is 5.91 Å². The van der Waals surface area contributed by atoms with Crippen LogP contribution >= 0.6 is 0 Å². The third-order valence-corrected chi connectivity index (χ3v) is 6.01. The van der Waals surface area contributed by atoms with Crippen molar-refractivity contribution in [3.8, 4) is 11.5 Å². The lowest BCUT2D eigenvalue weighted by atomic mass is 9.99. The van der Waals surface area contributed by atoms with Crippen LogP contribution in [0.15, 0.2) is 52.7 Å². The van der Waals surface area contributed by atoms with Gasteiger partial charge in [-0.1, -0.05) is 36.4 Å². The normalized spacial score (nSPS) is 16.9. The molecule has 1 heterocycles. The number of hydrogen-bond acceptors (Lipinski definition) is 7. The predicted molar refractivity (Wildman–Crippen MR) is 126 cm³/mol. The lowest BCUT2D eigenvalue weighted by molar-refractivity contribution is -0.138. The largest absolute Gasteiger partial charge is 0.507 e. The van der Waals surface area contributed by atoms with E-state index in [0.29, 0.717) is 35.5 Å². The first-order valence-electron chi connectivity index (χ1n) is 10.9. The summed E-state index contributed by atoms with van der Waals surface area (Å²) in [7, 11) is 0. The molecular weight excluding hydrogens is 438 g/mol. The highest BCUT2D eigenvalue weighted by Gasteiger charge is 2.34. The molecule has 34 heavy (non-hydrogen) atoms. The van der Waals surface area contributed by atoms with Gasteiger partial charge in [0.15, 0.2) is 0 Å². The van der Waals surface area contributed by atoms with E-state index in [1.165, 1.54) is 11.8 Å². The van der Waals surface area contributed by atoms with Gasteiger partial charge in [-0.05, 0) is 25.8 Å². The maximum atomic E-state index is 12.6. The van der Waals surface area contributed by atoms with E-state index in [-0.39, 0.29) is 35.0 Å². The van der Waals surface area contributed by atoms with Crippen molar-refractivity contribution in [2.45, 2.75) is 31.8 Å². The van der Waals surface area contributed by atoms with Crippen LogP contribution in [0, 0.1) is 0 Å². The Balaban J connectivity index is 1.55. The number of nitrogens with zero attached hydrogens (tertiary/aromatic N) is 3. The zero-order valence-electron chi connectivity index (χ0n) is 18.6. The topological polar surface area (TPSA) is 158 Å². The summed E-state index contributed by atoms with van der Waals surface area (Å²) >= 11 is 0. The number of hydrogen-bond donors (Lipinski definition) is 4. The van der Waals surface area contributed by atoms with E-state index in [4.69, 9.17) is 5.73 Å². The van der Waals surface area contributed by atoms with E-state index in [1.54, 1.807) is 42.5 Å². The SMILES string of the molecule is C[C@H](NC(=O)[C@@H]1CCCN1C(=O)CN)C(=O)N=Nc1cccc2c(O)c3ccccc3c(O)c12. The summed E-state index contributed by atoms with van der Waals surface area (Å²) in [6, 6.07) is 10.0. The minimum absolute atomic E-state index is 0.0134. The molecule has 0 unspecified atom stereocenters. The number of fused-ring (bicyclic) bond motifs is 2. The molecule has 3 aromatic rings. The lowest BCUT2D eigenvalue weighted by Gasteiger charge is -2.24. The Labute approximate surface area is 195 Å². The summed E-state index contributed by atoms with van der Waals surface area (Å²) in [5.41, 5.74) is 5.60. The minimum Gasteiger partial charge on any atom is -0.507 e. The number of likely N-dealkylation sites (tertiary alicyclic amines) is 1. The molecule has 1 saturated heterocycles. The van der Waals surface area contributed by atoms with Crippen LogP contribution < -0.4 is 11.1 Å². The second-order valence-corrected chi connectivity index (χ2v) is 8.16. The summed E-state index contributed by atoms with van der Waals surface area (Å²) in [4.78, 5) is 38.5. The summed E-state index contributed by atoms with van der Waals surface area (Å²) in [5.74, 6) is -1.57. The molecule has 10 nitrogen and oxygen atoms in total. The zero-order valence-corrected chi connectivity index (χ0v) is 18.6. The van der Waals surface area contributed by atoms with Gasteiger partial charge in [0, 0.05) is 22.7 Å². The molecule has 5 N–H and O–H groups in total. The van der Waals surface area contributed by atoms with E-state index >= 15 is 0 Å². The summed E-state index contributed by atoms with van der Waals surface area (Å²) in [5, 5.41) is 33.4. The first-order chi connectivity index (χ1) is 16.3. The molecule has 176 valence electrons. The molecule has 4 rings (SSSR count). The number of aromatic hydroxyl groups is 2. The van der Waals surface area contributed by atoms with E-state index in [0.717, 1.165) is 0 Å². The average Bonchev–Trinajstić information content (AvgIpc) is 3.35. The Kier molecular flexibility index (Phi) is 6.42. The Morgan fingerprint density at radius 3 is 2.47 bits per heavy atom. The molecule has 0 bridgehead atoms.